The molecule has 178 valence electrons. The molecule has 0 spiro atoms. The summed E-state index contributed by atoms with van der Waals surface area (Å²) in [6, 6.07) is 16.8. The van der Waals surface area contributed by atoms with Crippen molar-refractivity contribution < 1.29 is 9.53 Å². The van der Waals surface area contributed by atoms with Gasteiger partial charge in [0, 0.05) is 51.1 Å². The number of nitrogens with one attached hydrogen (secondary N) is 1. The van der Waals surface area contributed by atoms with Gasteiger partial charge in [0.2, 0.25) is 0 Å². The first-order valence-corrected chi connectivity index (χ1v) is 12.2. The Balaban J connectivity index is 1.71. The lowest BCUT2D eigenvalue weighted by molar-refractivity contribution is 0.193. The number of amides is 1. The molecule has 6 heteroatoms. The lowest BCUT2D eigenvalue weighted by atomic mass is 9.87. The molecule has 0 aliphatic heterocycles. The van der Waals surface area contributed by atoms with E-state index in [2.05, 4.69) is 64.3 Å². The number of unbranched alkanes of at least 4 members (excludes halogenated alkanes) is 2. The first kappa shape index (κ1) is 23.8. The maximum Gasteiger partial charge on any atom is 0.325 e. The van der Waals surface area contributed by atoms with Crippen LogP contribution in [0.4, 0.5) is 4.79 Å². The van der Waals surface area contributed by atoms with Gasteiger partial charge in [-0.05, 0) is 40.8 Å². The van der Waals surface area contributed by atoms with Crippen LogP contribution in [-0.4, -0.2) is 40.4 Å². The maximum atomic E-state index is 12.7. The molecule has 1 unspecified atom stereocenters. The van der Waals surface area contributed by atoms with Crippen LogP contribution in [0.2, 0.25) is 0 Å². The molecule has 0 saturated carbocycles. The van der Waals surface area contributed by atoms with E-state index >= 15 is 0 Å². The fraction of sp³-hybridized carbons (Fsp3) is 0.357. The summed E-state index contributed by atoms with van der Waals surface area (Å²) in [4.78, 5) is 17.2. The lowest BCUT2D eigenvalue weighted by Crippen LogP contribution is -2.29. The second-order valence-electron chi connectivity index (χ2n) is 8.65. The molecule has 6 nitrogen and oxygen atoms in total. The second kappa shape index (κ2) is 11.7. The summed E-state index contributed by atoms with van der Waals surface area (Å²) in [5.74, 6) is -0.0298. The Kier molecular flexibility index (Phi) is 8.15. The smallest absolute Gasteiger partial charge is 0.325 e. The van der Waals surface area contributed by atoms with E-state index < -0.39 is 0 Å². The van der Waals surface area contributed by atoms with Gasteiger partial charge in [-0.25, -0.2) is 9.78 Å². The van der Waals surface area contributed by atoms with Crippen LogP contribution in [0.1, 0.15) is 55.3 Å². The second-order valence-corrected chi connectivity index (χ2v) is 8.65. The predicted octanol–water partition coefficient (Wildman–Crippen LogP) is 5.80. The molecule has 4 aromatic rings. The van der Waals surface area contributed by atoms with Crippen LogP contribution in [0.25, 0.3) is 10.8 Å². The van der Waals surface area contributed by atoms with E-state index in [0.717, 1.165) is 30.6 Å². The van der Waals surface area contributed by atoms with Gasteiger partial charge >= 0.3 is 6.03 Å². The largest absolute Gasteiger partial charge is 0.385 e. The van der Waals surface area contributed by atoms with E-state index in [1.807, 2.05) is 31.0 Å². The first-order valence-electron chi connectivity index (χ1n) is 12.2. The van der Waals surface area contributed by atoms with Gasteiger partial charge in [0.15, 0.2) is 0 Å². The minimum absolute atomic E-state index is 0.0298. The molecule has 1 atom stereocenters. The fourth-order valence-electron chi connectivity index (χ4n) is 4.52. The number of nitrogens with zero attached hydrogens (tertiary/aromatic N) is 3. The van der Waals surface area contributed by atoms with Crippen LogP contribution < -0.4 is 5.32 Å². The number of hydrogen-bond acceptors (Lipinski definition) is 3. The van der Waals surface area contributed by atoms with Gasteiger partial charge in [-0.15, -0.1) is 0 Å². The van der Waals surface area contributed by atoms with Crippen LogP contribution in [0.3, 0.4) is 0 Å². The molecule has 1 amide bonds. The average Bonchev–Trinajstić information content (AvgIpc) is 3.53. The number of methoxy groups -OCH3 is 1. The predicted molar refractivity (Wildman–Crippen MR) is 136 cm³/mol. The molecule has 2 heterocycles. The van der Waals surface area contributed by atoms with Crippen molar-refractivity contribution in [1.82, 2.24) is 19.4 Å². The summed E-state index contributed by atoms with van der Waals surface area (Å²) < 4.78 is 8.98. The van der Waals surface area contributed by atoms with Crippen molar-refractivity contribution in [2.45, 2.75) is 45.1 Å². The topological polar surface area (TPSA) is 61.1 Å². The van der Waals surface area contributed by atoms with Crippen LogP contribution in [0, 0.1) is 0 Å². The summed E-state index contributed by atoms with van der Waals surface area (Å²) in [6.45, 7) is 4.36. The van der Waals surface area contributed by atoms with Crippen molar-refractivity contribution in [1.29, 1.82) is 0 Å². The Hall–Kier alpha value is -3.38. The zero-order valence-corrected chi connectivity index (χ0v) is 20.1. The van der Waals surface area contributed by atoms with Gasteiger partial charge in [-0.2, -0.15) is 0 Å². The minimum Gasteiger partial charge on any atom is -0.385 e. The van der Waals surface area contributed by atoms with Crippen molar-refractivity contribution in [2.24, 2.45) is 0 Å². The highest BCUT2D eigenvalue weighted by molar-refractivity contribution is 5.87. The SMILES string of the molecule is CCCCCn1cncc1C(c1ccn(C(=O)NCCCOC)c1)c1cccc2ccccc12. The van der Waals surface area contributed by atoms with E-state index in [4.69, 9.17) is 4.74 Å². The van der Waals surface area contributed by atoms with E-state index in [1.165, 1.54) is 29.2 Å². The molecular weight excluding hydrogens is 424 g/mol. The standard InChI is InChI=1S/C28H34N4O2/c1-3-4-7-16-32-21-29-19-26(32)27(25-13-8-11-22-10-5-6-12-24(22)25)23-14-17-31(20-23)28(33)30-15-9-18-34-2/h5-6,8,10-14,17,19-21,27H,3-4,7,9,15-16,18H2,1-2H3,(H,30,33). The van der Waals surface area contributed by atoms with E-state index in [0.29, 0.717) is 13.2 Å². The Labute approximate surface area is 201 Å². The number of rotatable bonds is 11. The summed E-state index contributed by atoms with van der Waals surface area (Å²) in [7, 11) is 1.67. The zero-order chi connectivity index (χ0) is 23.8. The maximum absolute atomic E-state index is 12.7. The molecule has 0 radical (unpaired) electrons. The van der Waals surface area contributed by atoms with Gasteiger partial charge in [0.1, 0.15) is 0 Å². The van der Waals surface area contributed by atoms with E-state index in [9.17, 15) is 4.79 Å². The third kappa shape index (κ3) is 5.39. The van der Waals surface area contributed by atoms with Gasteiger partial charge in [0.05, 0.1) is 12.2 Å². The number of benzene rings is 2. The highest BCUT2D eigenvalue weighted by Crippen LogP contribution is 2.36. The molecule has 4 rings (SSSR count). The molecule has 0 bridgehead atoms. The molecule has 1 N–H and O–H groups in total. The summed E-state index contributed by atoms with van der Waals surface area (Å²) in [5.41, 5.74) is 3.43. The highest BCUT2D eigenvalue weighted by atomic mass is 16.5. The van der Waals surface area contributed by atoms with E-state index in [1.54, 1.807) is 11.7 Å². The van der Waals surface area contributed by atoms with E-state index in [-0.39, 0.29) is 11.9 Å². The van der Waals surface area contributed by atoms with Gasteiger partial charge in [-0.1, -0.05) is 62.2 Å². The minimum atomic E-state index is -0.129. The number of aromatic nitrogens is 3. The fourth-order valence-corrected chi connectivity index (χ4v) is 4.52. The monoisotopic (exact) mass is 458 g/mol. The normalized spacial score (nSPS) is 12.2. The number of fused-ring (bicyclic) bond motifs is 1. The van der Waals surface area contributed by atoms with Crippen molar-refractivity contribution in [3.05, 3.63) is 90.3 Å². The van der Waals surface area contributed by atoms with Crippen LogP contribution in [-0.2, 0) is 11.3 Å². The van der Waals surface area contributed by atoms with Crippen molar-refractivity contribution in [2.75, 3.05) is 20.3 Å². The third-order valence-corrected chi connectivity index (χ3v) is 6.26. The van der Waals surface area contributed by atoms with Crippen LogP contribution in [0.5, 0.6) is 0 Å². The average molecular weight is 459 g/mol. The molecule has 34 heavy (non-hydrogen) atoms. The number of hydrogen-bond donors (Lipinski definition) is 1. The van der Waals surface area contributed by atoms with Gasteiger partial charge in [-0.3, -0.25) is 4.57 Å². The summed E-state index contributed by atoms with van der Waals surface area (Å²) in [5, 5.41) is 5.38. The first-order chi connectivity index (χ1) is 16.7. The molecule has 2 aromatic heterocycles. The Bertz CT molecular complexity index is 1200. The van der Waals surface area contributed by atoms with Crippen molar-refractivity contribution >= 4 is 16.8 Å². The molecule has 0 saturated heterocycles. The number of ether oxygens (including phenoxy) is 1. The molecular formula is C28H34N4O2. The number of aryl methyl sites for hydroxylation is 1. The molecule has 2 aromatic carbocycles. The highest BCUT2D eigenvalue weighted by Gasteiger charge is 2.24. The summed E-state index contributed by atoms with van der Waals surface area (Å²) in [6.07, 6.45) is 12.0. The zero-order valence-electron chi connectivity index (χ0n) is 20.1. The van der Waals surface area contributed by atoms with Crippen molar-refractivity contribution in [3.63, 3.8) is 0 Å². The summed E-state index contributed by atoms with van der Waals surface area (Å²) >= 11 is 0. The Morgan fingerprint density at radius 3 is 2.79 bits per heavy atom. The Morgan fingerprint density at radius 2 is 1.94 bits per heavy atom. The molecule has 0 fully saturated rings. The van der Waals surface area contributed by atoms with Crippen LogP contribution in [0.15, 0.2) is 73.4 Å². The number of imidazole rings is 1. The van der Waals surface area contributed by atoms with Gasteiger partial charge < -0.3 is 14.6 Å². The quantitative estimate of drug-likeness (QED) is 0.289. The lowest BCUT2D eigenvalue weighted by Gasteiger charge is -2.21. The molecule has 0 aliphatic carbocycles. The number of carbonyl (C=O) groups excluding carboxylic acids is 1. The molecule has 0 aliphatic rings. The van der Waals surface area contributed by atoms with Crippen LogP contribution >= 0.6 is 0 Å². The Morgan fingerprint density at radius 1 is 1.09 bits per heavy atom. The van der Waals surface area contributed by atoms with Gasteiger partial charge in [0.25, 0.3) is 0 Å². The third-order valence-electron chi connectivity index (χ3n) is 6.26. The van der Waals surface area contributed by atoms with Crippen molar-refractivity contribution in [3.8, 4) is 0 Å². The number of carbonyl (C=O) groups is 1.